The van der Waals surface area contributed by atoms with Crippen LogP contribution in [0.25, 0.3) is 0 Å². The fourth-order valence-electron chi connectivity index (χ4n) is 3.23. The Morgan fingerprint density at radius 2 is 2.03 bits per heavy atom. The number of nitrogens with zero attached hydrogens (tertiary/aromatic N) is 5. The van der Waals surface area contributed by atoms with E-state index in [0.29, 0.717) is 38.7 Å². The topological polar surface area (TPSA) is 79.6 Å². The number of aromatic nitrogens is 3. The molecule has 0 radical (unpaired) electrons. The molecule has 1 unspecified atom stereocenters. The maximum Gasteiger partial charge on any atom is 0.192 e. The van der Waals surface area contributed by atoms with Crippen LogP contribution in [-0.2, 0) is 18.3 Å². The van der Waals surface area contributed by atoms with Crippen LogP contribution in [-0.4, -0.2) is 60.1 Å². The van der Waals surface area contributed by atoms with Crippen molar-refractivity contribution in [2.75, 3.05) is 38.3 Å². The molecule has 2 aromatic rings. The van der Waals surface area contributed by atoms with Gasteiger partial charge in [0.25, 0.3) is 0 Å². The summed E-state index contributed by atoms with van der Waals surface area (Å²) in [4.78, 5) is 6.31. The molecule has 1 fully saturated rings. The smallest absolute Gasteiger partial charge is 0.192 e. The van der Waals surface area contributed by atoms with Crippen molar-refractivity contribution in [3.05, 3.63) is 41.5 Å². The number of methoxy groups -OCH3 is 1. The lowest BCUT2D eigenvalue weighted by atomic mass is 10.2. The van der Waals surface area contributed by atoms with Gasteiger partial charge in [-0.05, 0) is 25.5 Å². The second-order valence-corrected chi connectivity index (χ2v) is 6.95. The molecule has 1 aromatic heterocycles. The number of benzene rings is 1. The van der Waals surface area contributed by atoms with Gasteiger partial charge < -0.3 is 24.8 Å². The summed E-state index contributed by atoms with van der Waals surface area (Å²) in [5.41, 5.74) is 0.0252. The molecule has 0 saturated carbocycles. The van der Waals surface area contributed by atoms with E-state index in [2.05, 4.69) is 25.8 Å². The minimum atomic E-state index is -0.546. The van der Waals surface area contributed by atoms with Crippen LogP contribution in [0.2, 0.25) is 0 Å². The lowest BCUT2D eigenvalue weighted by molar-refractivity contribution is 0.203. The van der Waals surface area contributed by atoms with Gasteiger partial charge in [0.15, 0.2) is 11.8 Å². The van der Waals surface area contributed by atoms with Crippen molar-refractivity contribution in [2.45, 2.75) is 25.9 Å². The maximum atomic E-state index is 14.1. The standard InChI is InChI=1S/C19H27F2N7O.HI/c1-13-25-26-17(27(13)2)11-23-19(22-8-10-29-3)24-14-7-9-28(12-14)18-15(20)5-4-6-16(18)21;/h4-6,14H,7-12H2,1-3H3,(H2,22,23,24);1H. The van der Waals surface area contributed by atoms with Crippen molar-refractivity contribution in [2.24, 2.45) is 12.0 Å². The Labute approximate surface area is 192 Å². The summed E-state index contributed by atoms with van der Waals surface area (Å²) < 4.78 is 35.1. The first kappa shape index (κ1) is 24.3. The zero-order valence-electron chi connectivity index (χ0n) is 17.4. The number of anilines is 1. The monoisotopic (exact) mass is 535 g/mol. The molecular formula is C19H28F2IN7O. The highest BCUT2D eigenvalue weighted by atomic mass is 127. The van der Waals surface area contributed by atoms with E-state index < -0.39 is 11.6 Å². The normalized spacial score (nSPS) is 16.5. The molecule has 1 aliphatic heterocycles. The number of rotatable bonds is 7. The zero-order chi connectivity index (χ0) is 20.8. The Morgan fingerprint density at radius 1 is 1.30 bits per heavy atom. The largest absolute Gasteiger partial charge is 0.383 e. The van der Waals surface area contributed by atoms with Crippen molar-refractivity contribution < 1.29 is 13.5 Å². The highest BCUT2D eigenvalue weighted by Gasteiger charge is 2.27. The molecule has 166 valence electrons. The second-order valence-electron chi connectivity index (χ2n) is 6.95. The van der Waals surface area contributed by atoms with E-state index in [1.165, 1.54) is 18.2 Å². The Balaban J connectivity index is 0.00000320. The molecule has 0 spiro atoms. The summed E-state index contributed by atoms with van der Waals surface area (Å²) in [5.74, 6) is 1.07. The SMILES string of the molecule is COCCNC(=NCc1nnc(C)n1C)NC1CCN(c2c(F)cccc2F)C1.I. The van der Waals surface area contributed by atoms with E-state index in [1.807, 2.05) is 18.5 Å². The minimum Gasteiger partial charge on any atom is -0.383 e. The molecule has 0 amide bonds. The number of hydrogen-bond donors (Lipinski definition) is 2. The molecule has 0 aliphatic carbocycles. The summed E-state index contributed by atoms with van der Waals surface area (Å²) in [6.07, 6.45) is 0.738. The van der Waals surface area contributed by atoms with Crippen molar-refractivity contribution in [3.8, 4) is 0 Å². The average Bonchev–Trinajstić information content (AvgIpc) is 3.27. The average molecular weight is 535 g/mol. The van der Waals surface area contributed by atoms with Crippen LogP contribution in [0.4, 0.5) is 14.5 Å². The lowest BCUT2D eigenvalue weighted by Crippen LogP contribution is -2.45. The van der Waals surface area contributed by atoms with Gasteiger partial charge in [0.05, 0.1) is 6.61 Å². The molecule has 8 nitrogen and oxygen atoms in total. The summed E-state index contributed by atoms with van der Waals surface area (Å²) in [6, 6.07) is 3.94. The fraction of sp³-hybridized carbons (Fsp3) is 0.526. The first-order valence-electron chi connectivity index (χ1n) is 9.57. The lowest BCUT2D eigenvalue weighted by Gasteiger charge is -2.21. The van der Waals surface area contributed by atoms with Gasteiger partial charge in [-0.3, -0.25) is 0 Å². The van der Waals surface area contributed by atoms with Crippen LogP contribution in [0.15, 0.2) is 23.2 Å². The van der Waals surface area contributed by atoms with Gasteiger partial charge >= 0.3 is 0 Å². The number of hydrogen-bond acceptors (Lipinski definition) is 5. The maximum absolute atomic E-state index is 14.1. The van der Waals surface area contributed by atoms with Gasteiger partial charge in [-0.2, -0.15) is 0 Å². The third-order valence-corrected chi connectivity index (χ3v) is 4.94. The molecule has 3 rings (SSSR count). The Kier molecular flexibility index (Phi) is 9.21. The summed E-state index contributed by atoms with van der Waals surface area (Å²) in [6.45, 7) is 4.39. The molecule has 2 N–H and O–H groups in total. The Bertz CT molecular complexity index is 841. The molecule has 1 aliphatic rings. The van der Waals surface area contributed by atoms with Gasteiger partial charge in [-0.1, -0.05) is 6.07 Å². The van der Waals surface area contributed by atoms with Gasteiger partial charge in [0.2, 0.25) is 0 Å². The van der Waals surface area contributed by atoms with Crippen LogP contribution >= 0.6 is 24.0 Å². The molecule has 2 heterocycles. The first-order valence-corrected chi connectivity index (χ1v) is 9.57. The van der Waals surface area contributed by atoms with Crippen LogP contribution in [0.3, 0.4) is 0 Å². The highest BCUT2D eigenvalue weighted by Crippen LogP contribution is 2.26. The Morgan fingerprint density at radius 3 is 2.67 bits per heavy atom. The molecule has 30 heavy (non-hydrogen) atoms. The fourth-order valence-corrected chi connectivity index (χ4v) is 3.23. The number of nitrogens with one attached hydrogen (secondary N) is 2. The van der Waals surface area contributed by atoms with Crippen LogP contribution in [0.1, 0.15) is 18.1 Å². The summed E-state index contributed by atoms with van der Waals surface area (Å²) in [7, 11) is 3.52. The van der Waals surface area contributed by atoms with E-state index in [4.69, 9.17) is 4.74 Å². The van der Waals surface area contributed by atoms with E-state index in [9.17, 15) is 8.78 Å². The minimum absolute atomic E-state index is 0. The Hall–Kier alpha value is -2.02. The number of guanidine groups is 1. The molecule has 0 bridgehead atoms. The molecule has 11 heteroatoms. The number of ether oxygens (including phenoxy) is 1. The molecule has 1 aromatic carbocycles. The second kappa shape index (κ2) is 11.4. The third kappa shape index (κ3) is 6.00. The van der Waals surface area contributed by atoms with E-state index in [1.54, 1.807) is 12.0 Å². The van der Waals surface area contributed by atoms with Gasteiger partial charge in [-0.25, -0.2) is 13.8 Å². The van der Waals surface area contributed by atoms with Crippen molar-refractivity contribution in [1.82, 2.24) is 25.4 Å². The number of aryl methyl sites for hydroxylation is 1. The van der Waals surface area contributed by atoms with E-state index >= 15 is 0 Å². The molecule has 1 atom stereocenters. The van der Waals surface area contributed by atoms with Gasteiger partial charge in [0.1, 0.15) is 29.7 Å². The number of para-hydroxylation sites is 1. The first-order chi connectivity index (χ1) is 14.0. The van der Waals surface area contributed by atoms with Crippen LogP contribution in [0.5, 0.6) is 0 Å². The van der Waals surface area contributed by atoms with E-state index in [-0.39, 0.29) is 35.7 Å². The predicted molar refractivity (Wildman–Crippen MR) is 122 cm³/mol. The van der Waals surface area contributed by atoms with Crippen molar-refractivity contribution in [3.63, 3.8) is 0 Å². The number of aliphatic imine (C=N–C) groups is 1. The predicted octanol–water partition coefficient (Wildman–Crippen LogP) is 1.98. The summed E-state index contributed by atoms with van der Waals surface area (Å²) >= 11 is 0. The summed E-state index contributed by atoms with van der Waals surface area (Å²) in [5, 5.41) is 14.7. The molecular weight excluding hydrogens is 507 g/mol. The zero-order valence-corrected chi connectivity index (χ0v) is 19.7. The van der Waals surface area contributed by atoms with Crippen LogP contribution < -0.4 is 15.5 Å². The van der Waals surface area contributed by atoms with Crippen molar-refractivity contribution in [1.29, 1.82) is 0 Å². The highest BCUT2D eigenvalue weighted by molar-refractivity contribution is 14.0. The molecule has 1 saturated heterocycles. The van der Waals surface area contributed by atoms with Gasteiger partial charge in [-0.15, -0.1) is 34.2 Å². The number of halogens is 3. The third-order valence-electron chi connectivity index (χ3n) is 4.94. The van der Waals surface area contributed by atoms with Crippen LogP contribution in [0, 0.1) is 18.6 Å². The quantitative estimate of drug-likeness (QED) is 0.245. The van der Waals surface area contributed by atoms with Gasteiger partial charge in [0, 0.05) is 39.8 Å². The van der Waals surface area contributed by atoms with Crippen molar-refractivity contribution >= 4 is 35.6 Å². The van der Waals surface area contributed by atoms with E-state index in [0.717, 1.165) is 18.1 Å².